The quantitative estimate of drug-likeness (QED) is 0.765. The summed E-state index contributed by atoms with van der Waals surface area (Å²) in [5, 5.41) is 10.2. The summed E-state index contributed by atoms with van der Waals surface area (Å²) in [7, 11) is 0. The summed E-state index contributed by atoms with van der Waals surface area (Å²) in [6.07, 6.45) is 11.5. The van der Waals surface area contributed by atoms with Gasteiger partial charge in [-0.15, -0.1) is 0 Å². The Morgan fingerprint density at radius 2 is 1.71 bits per heavy atom. The summed E-state index contributed by atoms with van der Waals surface area (Å²) in [4.78, 5) is 2.59. The van der Waals surface area contributed by atoms with Crippen molar-refractivity contribution in [1.29, 1.82) is 0 Å². The molecular weight excluding hydrogens is 210 g/mol. The van der Waals surface area contributed by atoms with Crippen molar-refractivity contribution in [3.05, 3.63) is 0 Å². The minimum absolute atomic E-state index is 0.0553. The van der Waals surface area contributed by atoms with Gasteiger partial charge in [-0.2, -0.15) is 0 Å². The Hall–Kier alpha value is -0.0800. The zero-order valence-electron chi connectivity index (χ0n) is 11.4. The van der Waals surface area contributed by atoms with Crippen LogP contribution in [0.15, 0.2) is 0 Å². The van der Waals surface area contributed by atoms with Crippen LogP contribution in [0.2, 0.25) is 0 Å². The maximum atomic E-state index is 10.2. The average Bonchev–Trinajstić information content (AvgIpc) is 2.56. The molecule has 0 radical (unpaired) electrons. The van der Waals surface area contributed by atoms with E-state index in [-0.39, 0.29) is 6.10 Å². The van der Waals surface area contributed by atoms with E-state index in [1.54, 1.807) is 0 Å². The van der Waals surface area contributed by atoms with Crippen LogP contribution in [0.1, 0.15) is 64.7 Å². The Labute approximate surface area is 106 Å². The number of rotatable bonds is 3. The lowest BCUT2D eigenvalue weighted by Crippen LogP contribution is -2.47. The molecule has 1 aliphatic heterocycles. The van der Waals surface area contributed by atoms with Gasteiger partial charge in [0.1, 0.15) is 0 Å². The van der Waals surface area contributed by atoms with E-state index in [1.165, 1.54) is 64.5 Å². The topological polar surface area (TPSA) is 23.5 Å². The molecule has 0 bridgehead atoms. The predicted octanol–water partition coefficient (Wildman–Crippen LogP) is 3.19. The Bertz CT molecular complexity index is 211. The Balaban J connectivity index is 1.82. The molecule has 2 unspecified atom stereocenters. The summed E-state index contributed by atoms with van der Waals surface area (Å²) < 4.78 is 0. The number of hydrogen-bond acceptors (Lipinski definition) is 2. The van der Waals surface area contributed by atoms with Gasteiger partial charge in [0.15, 0.2) is 0 Å². The highest BCUT2D eigenvalue weighted by Gasteiger charge is 2.30. The second-order valence-corrected chi connectivity index (χ2v) is 6.04. The van der Waals surface area contributed by atoms with Crippen LogP contribution < -0.4 is 0 Å². The van der Waals surface area contributed by atoms with Gasteiger partial charge in [0.2, 0.25) is 0 Å². The van der Waals surface area contributed by atoms with Crippen LogP contribution in [-0.2, 0) is 0 Å². The van der Waals surface area contributed by atoms with E-state index in [0.717, 1.165) is 12.3 Å². The number of aliphatic hydroxyl groups excluding tert-OH is 1. The molecule has 17 heavy (non-hydrogen) atoms. The van der Waals surface area contributed by atoms with Crippen molar-refractivity contribution in [1.82, 2.24) is 4.90 Å². The molecular formula is C15H29NO. The standard InChI is InChI=1S/C15H29NO/c1-2-6-13-9-11-16(12-10-13)14-7-4-3-5-8-15(14)17/h13-15,17H,2-12H2,1H3. The molecule has 0 aromatic carbocycles. The third-order valence-electron chi connectivity index (χ3n) is 4.76. The molecule has 1 N–H and O–H groups in total. The van der Waals surface area contributed by atoms with Crippen LogP contribution in [0.4, 0.5) is 0 Å². The van der Waals surface area contributed by atoms with Gasteiger partial charge < -0.3 is 5.11 Å². The first-order valence-corrected chi connectivity index (χ1v) is 7.73. The molecule has 1 heterocycles. The van der Waals surface area contributed by atoms with Gasteiger partial charge in [-0.3, -0.25) is 4.90 Å². The first-order chi connectivity index (χ1) is 8.31. The van der Waals surface area contributed by atoms with Gasteiger partial charge in [0.05, 0.1) is 6.10 Å². The van der Waals surface area contributed by atoms with Crippen molar-refractivity contribution in [2.75, 3.05) is 13.1 Å². The summed E-state index contributed by atoms with van der Waals surface area (Å²) in [6, 6.07) is 0.472. The number of hydrogen-bond donors (Lipinski definition) is 1. The van der Waals surface area contributed by atoms with E-state index in [0.29, 0.717) is 6.04 Å². The molecule has 2 fully saturated rings. The maximum Gasteiger partial charge on any atom is 0.0695 e. The molecule has 0 amide bonds. The SMILES string of the molecule is CCCC1CCN(C2CCCCCC2O)CC1. The molecule has 0 spiro atoms. The van der Waals surface area contributed by atoms with E-state index < -0.39 is 0 Å². The molecule has 2 heteroatoms. The second kappa shape index (κ2) is 6.75. The van der Waals surface area contributed by atoms with Crippen molar-refractivity contribution < 1.29 is 5.11 Å². The van der Waals surface area contributed by atoms with Crippen molar-refractivity contribution >= 4 is 0 Å². The highest BCUT2D eigenvalue weighted by atomic mass is 16.3. The largest absolute Gasteiger partial charge is 0.391 e. The molecule has 2 rings (SSSR count). The fraction of sp³-hybridized carbons (Fsp3) is 1.00. The summed E-state index contributed by atoms with van der Waals surface area (Å²) in [6.45, 7) is 4.75. The Kier molecular flexibility index (Phi) is 5.30. The molecule has 0 aromatic heterocycles. The summed E-state index contributed by atoms with van der Waals surface area (Å²) in [5.74, 6) is 0.958. The fourth-order valence-electron chi connectivity index (χ4n) is 3.68. The van der Waals surface area contributed by atoms with Crippen molar-refractivity contribution in [2.45, 2.75) is 76.9 Å². The fourth-order valence-corrected chi connectivity index (χ4v) is 3.68. The highest BCUT2D eigenvalue weighted by Crippen LogP contribution is 2.28. The third-order valence-corrected chi connectivity index (χ3v) is 4.76. The lowest BCUT2D eigenvalue weighted by atomic mass is 9.90. The first-order valence-electron chi connectivity index (χ1n) is 7.73. The molecule has 2 atom stereocenters. The smallest absolute Gasteiger partial charge is 0.0695 e. The predicted molar refractivity (Wildman–Crippen MR) is 72.1 cm³/mol. The molecule has 2 aliphatic rings. The van der Waals surface area contributed by atoms with Crippen molar-refractivity contribution in [2.24, 2.45) is 5.92 Å². The second-order valence-electron chi connectivity index (χ2n) is 6.04. The lowest BCUT2D eigenvalue weighted by Gasteiger charge is -2.39. The monoisotopic (exact) mass is 239 g/mol. The molecule has 1 saturated carbocycles. The van der Waals surface area contributed by atoms with E-state index in [2.05, 4.69) is 11.8 Å². The molecule has 0 aromatic rings. The number of likely N-dealkylation sites (tertiary alicyclic amines) is 1. The average molecular weight is 239 g/mol. The lowest BCUT2D eigenvalue weighted by molar-refractivity contribution is 0.0243. The van der Waals surface area contributed by atoms with E-state index in [1.807, 2.05) is 0 Å². The summed E-state index contributed by atoms with van der Waals surface area (Å²) >= 11 is 0. The van der Waals surface area contributed by atoms with Crippen LogP contribution in [-0.4, -0.2) is 35.2 Å². The summed E-state index contributed by atoms with van der Waals surface area (Å²) in [5.41, 5.74) is 0. The van der Waals surface area contributed by atoms with Crippen molar-refractivity contribution in [3.8, 4) is 0 Å². The first kappa shape index (κ1) is 13.4. The van der Waals surface area contributed by atoms with Crippen LogP contribution in [0.25, 0.3) is 0 Å². The van der Waals surface area contributed by atoms with Crippen LogP contribution in [0, 0.1) is 5.92 Å². The van der Waals surface area contributed by atoms with E-state index in [9.17, 15) is 5.11 Å². The highest BCUT2D eigenvalue weighted by molar-refractivity contribution is 4.84. The molecule has 1 aliphatic carbocycles. The third kappa shape index (κ3) is 3.69. The normalized spacial score (nSPS) is 33.5. The molecule has 1 saturated heterocycles. The van der Waals surface area contributed by atoms with Crippen LogP contribution >= 0.6 is 0 Å². The number of aliphatic hydroxyl groups is 1. The van der Waals surface area contributed by atoms with E-state index in [4.69, 9.17) is 0 Å². The minimum atomic E-state index is -0.0553. The number of piperidine rings is 1. The van der Waals surface area contributed by atoms with Gasteiger partial charge in [0, 0.05) is 6.04 Å². The maximum absolute atomic E-state index is 10.2. The van der Waals surface area contributed by atoms with Crippen LogP contribution in [0.3, 0.4) is 0 Å². The van der Waals surface area contributed by atoms with Gasteiger partial charge >= 0.3 is 0 Å². The zero-order chi connectivity index (χ0) is 12.1. The van der Waals surface area contributed by atoms with Gasteiger partial charge in [-0.25, -0.2) is 0 Å². The van der Waals surface area contributed by atoms with Crippen LogP contribution in [0.5, 0.6) is 0 Å². The Morgan fingerprint density at radius 3 is 2.41 bits per heavy atom. The molecule has 2 nitrogen and oxygen atoms in total. The van der Waals surface area contributed by atoms with Gasteiger partial charge in [-0.05, 0) is 44.7 Å². The molecule has 100 valence electrons. The number of nitrogens with zero attached hydrogens (tertiary/aromatic N) is 1. The van der Waals surface area contributed by atoms with Gasteiger partial charge in [-0.1, -0.05) is 39.0 Å². The Morgan fingerprint density at radius 1 is 1.00 bits per heavy atom. The zero-order valence-corrected chi connectivity index (χ0v) is 11.4. The van der Waals surface area contributed by atoms with Crippen molar-refractivity contribution in [3.63, 3.8) is 0 Å². The van der Waals surface area contributed by atoms with Gasteiger partial charge in [0.25, 0.3) is 0 Å². The minimum Gasteiger partial charge on any atom is -0.391 e. The van der Waals surface area contributed by atoms with E-state index >= 15 is 0 Å².